The molecule has 1 heterocycles. The van der Waals surface area contributed by atoms with Crippen LogP contribution in [0.1, 0.15) is 25.3 Å². The van der Waals surface area contributed by atoms with Gasteiger partial charge in [0.2, 0.25) is 0 Å². The number of hydrogen-bond acceptors (Lipinski definition) is 3. The fourth-order valence-corrected chi connectivity index (χ4v) is 2.67. The minimum absolute atomic E-state index is 0.279. The van der Waals surface area contributed by atoms with E-state index in [1.807, 2.05) is 19.1 Å². The molecule has 3 nitrogen and oxygen atoms in total. The Labute approximate surface area is 113 Å². The van der Waals surface area contributed by atoms with E-state index in [4.69, 9.17) is 16.9 Å². The van der Waals surface area contributed by atoms with Crippen molar-refractivity contribution in [2.24, 2.45) is 5.92 Å². The molecular formula is C14H17ClN2O. The van der Waals surface area contributed by atoms with E-state index in [2.05, 4.69) is 11.0 Å². The summed E-state index contributed by atoms with van der Waals surface area (Å²) in [6, 6.07) is 7.59. The van der Waals surface area contributed by atoms with Crippen LogP contribution in [-0.2, 0) is 0 Å². The number of rotatable bonds is 2. The monoisotopic (exact) mass is 264 g/mol. The van der Waals surface area contributed by atoms with E-state index in [1.165, 1.54) is 0 Å². The molecular weight excluding hydrogens is 248 g/mol. The van der Waals surface area contributed by atoms with Crippen molar-refractivity contribution in [3.8, 4) is 6.07 Å². The quantitative estimate of drug-likeness (QED) is 0.894. The first kappa shape index (κ1) is 13.2. The molecule has 0 spiro atoms. The number of aliphatic hydroxyl groups excluding tert-OH is 1. The maximum absolute atomic E-state index is 9.70. The second-order valence-corrected chi connectivity index (χ2v) is 5.30. The highest BCUT2D eigenvalue weighted by atomic mass is 35.5. The predicted octanol–water partition coefficient (Wildman–Crippen LogP) is 2.81. The maximum atomic E-state index is 9.70. The van der Waals surface area contributed by atoms with Crippen LogP contribution in [0.3, 0.4) is 0 Å². The van der Waals surface area contributed by atoms with Crippen molar-refractivity contribution in [3.05, 3.63) is 28.8 Å². The zero-order chi connectivity index (χ0) is 13.1. The molecule has 1 saturated heterocycles. The number of hydrogen-bond donors (Lipinski definition) is 1. The first-order chi connectivity index (χ1) is 8.61. The largest absolute Gasteiger partial charge is 0.393 e. The summed E-state index contributed by atoms with van der Waals surface area (Å²) >= 11 is 5.90. The zero-order valence-electron chi connectivity index (χ0n) is 10.4. The Hall–Kier alpha value is -1.24. The lowest BCUT2D eigenvalue weighted by molar-refractivity contribution is 0.115. The molecule has 1 aliphatic heterocycles. The van der Waals surface area contributed by atoms with Gasteiger partial charge in [-0.2, -0.15) is 5.26 Å². The third kappa shape index (κ3) is 2.77. The average Bonchev–Trinajstić information content (AvgIpc) is 2.38. The van der Waals surface area contributed by atoms with Crippen molar-refractivity contribution >= 4 is 17.3 Å². The molecule has 2 atom stereocenters. The highest BCUT2D eigenvalue weighted by Gasteiger charge is 2.24. The van der Waals surface area contributed by atoms with Crippen molar-refractivity contribution < 1.29 is 5.11 Å². The second-order valence-electron chi connectivity index (χ2n) is 4.86. The average molecular weight is 265 g/mol. The molecule has 1 aromatic carbocycles. The lowest BCUT2D eigenvalue weighted by atomic mass is 9.93. The van der Waals surface area contributed by atoms with Crippen LogP contribution in [0, 0.1) is 17.2 Å². The third-order valence-electron chi connectivity index (χ3n) is 3.56. The summed E-state index contributed by atoms with van der Waals surface area (Å²) in [6.45, 7) is 3.56. The highest BCUT2D eigenvalue weighted by molar-refractivity contribution is 6.30. The fourth-order valence-electron chi connectivity index (χ4n) is 2.50. The van der Waals surface area contributed by atoms with Gasteiger partial charge in [-0.3, -0.25) is 0 Å². The molecule has 1 fully saturated rings. The lowest BCUT2D eigenvalue weighted by Gasteiger charge is -2.36. The Kier molecular flexibility index (Phi) is 4.11. The normalized spacial score (nSPS) is 21.4. The number of halogens is 1. The number of benzene rings is 1. The van der Waals surface area contributed by atoms with Crippen LogP contribution in [0.2, 0.25) is 5.02 Å². The molecule has 0 aromatic heterocycles. The number of nitriles is 1. The molecule has 18 heavy (non-hydrogen) atoms. The van der Waals surface area contributed by atoms with E-state index in [9.17, 15) is 5.11 Å². The van der Waals surface area contributed by atoms with Crippen LogP contribution >= 0.6 is 11.6 Å². The summed E-state index contributed by atoms with van der Waals surface area (Å²) < 4.78 is 0. The number of nitrogens with zero attached hydrogens (tertiary/aromatic N) is 2. The molecule has 1 aromatic rings. The fraction of sp³-hybridized carbons (Fsp3) is 0.500. The van der Waals surface area contributed by atoms with Crippen molar-refractivity contribution in [1.29, 1.82) is 5.26 Å². The van der Waals surface area contributed by atoms with Gasteiger partial charge >= 0.3 is 0 Å². The van der Waals surface area contributed by atoms with Gasteiger partial charge < -0.3 is 10.0 Å². The Morgan fingerprint density at radius 3 is 3.00 bits per heavy atom. The predicted molar refractivity (Wildman–Crippen MR) is 72.8 cm³/mol. The molecule has 1 aliphatic rings. The summed E-state index contributed by atoms with van der Waals surface area (Å²) in [5.41, 5.74) is 1.53. The first-order valence-electron chi connectivity index (χ1n) is 6.24. The van der Waals surface area contributed by atoms with Gasteiger partial charge in [0.25, 0.3) is 0 Å². The number of piperidine rings is 1. The molecule has 0 aliphatic carbocycles. The van der Waals surface area contributed by atoms with Gasteiger partial charge in [-0.05, 0) is 38.0 Å². The molecule has 96 valence electrons. The molecule has 2 unspecified atom stereocenters. The van der Waals surface area contributed by atoms with E-state index < -0.39 is 0 Å². The SMILES string of the molecule is CC(O)C1CCCN(c2ccc(Cl)cc2C#N)C1. The van der Waals surface area contributed by atoms with Crippen LogP contribution in [0.4, 0.5) is 5.69 Å². The summed E-state index contributed by atoms with van der Waals surface area (Å²) in [7, 11) is 0. The minimum Gasteiger partial charge on any atom is -0.393 e. The standard InChI is InChI=1S/C14H17ClN2O/c1-10(18)11-3-2-6-17(9-11)14-5-4-13(15)7-12(14)8-16/h4-5,7,10-11,18H,2-3,6,9H2,1H3. The van der Waals surface area contributed by atoms with Gasteiger partial charge in [-0.25, -0.2) is 0 Å². The summed E-state index contributed by atoms with van der Waals surface area (Å²) in [6.07, 6.45) is 1.79. The van der Waals surface area contributed by atoms with E-state index >= 15 is 0 Å². The molecule has 4 heteroatoms. The molecule has 0 bridgehead atoms. The summed E-state index contributed by atoms with van der Waals surface area (Å²) in [5.74, 6) is 0.279. The van der Waals surface area contributed by atoms with E-state index in [0.717, 1.165) is 31.6 Å². The van der Waals surface area contributed by atoms with Gasteiger partial charge in [0.1, 0.15) is 6.07 Å². The van der Waals surface area contributed by atoms with Crippen LogP contribution in [0.25, 0.3) is 0 Å². The van der Waals surface area contributed by atoms with Crippen molar-refractivity contribution in [2.75, 3.05) is 18.0 Å². The molecule has 2 rings (SSSR count). The van der Waals surface area contributed by atoms with E-state index in [1.54, 1.807) is 6.07 Å². The molecule has 0 radical (unpaired) electrons. The van der Waals surface area contributed by atoms with Gasteiger partial charge in [-0.1, -0.05) is 11.6 Å². The zero-order valence-corrected chi connectivity index (χ0v) is 11.2. The lowest BCUT2D eigenvalue weighted by Crippen LogP contribution is -2.39. The Bertz CT molecular complexity index is 467. The van der Waals surface area contributed by atoms with Crippen molar-refractivity contribution in [2.45, 2.75) is 25.9 Å². The summed E-state index contributed by atoms with van der Waals surface area (Å²) in [5, 5.41) is 19.4. The van der Waals surface area contributed by atoms with Crippen LogP contribution in [0.5, 0.6) is 0 Å². The molecule has 0 amide bonds. The Morgan fingerprint density at radius 1 is 1.56 bits per heavy atom. The Balaban J connectivity index is 2.23. The maximum Gasteiger partial charge on any atom is 0.101 e. The summed E-state index contributed by atoms with van der Waals surface area (Å²) in [4.78, 5) is 2.18. The smallest absolute Gasteiger partial charge is 0.101 e. The molecule has 1 N–H and O–H groups in total. The minimum atomic E-state index is -0.300. The van der Waals surface area contributed by atoms with E-state index in [-0.39, 0.29) is 12.0 Å². The third-order valence-corrected chi connectivity index (χ3v) is 3.79. The van der Waals surface area contributed by atoms with E-state index in [0.29, 0.717) is 10.6 Å². The highest BCUT2D eigenvalue weighted by Crippen LogP contribution is 2.29. The Morgan fingerprint density at radius 2 is 2.33 bits per heavy atom. The van der Waals surface area contributed by atoms with Crippen molar-refractivity contribution in [3.63, 3.8) is 0 Å². The first-order valence-corrected chi connectivity index (χ1v) is 6.62. The topological polar surface area (TPSA) is 47.3 Å². The second kappa shape index (κ2) is 5.60. The van der Waals surface area contributed by atoms with Crippen LogP contribution in [-0.4, -0.2) is 24.3 Å². The van der Waals surface area contributed by atoms with Crippen molar-refractivity contribution in [1.82, 2.24) is 0 Å². The number of aliphatic hydroxyl groups is 1. The van der Waals surface area contributed by atoms with Gasteiger partial charge in [0.05, 0.1) is 17.4 Å². The van der Waals surface area contributed by atoms with Gasteiger partial charge in [0, 0.05) is 24.0 Å². The van der Waals surface area contributed by atoms with Gasteiger partial charge in [0.15, 0.2) is 0 Å². The number of anilines is 1. The van der Waals surface area contributed by atoms with Crippen LogP contribution < -0.4 is 4.90 Å². The molecule has 0 saturated carbocycles. The van der Waals surface area contributed by atoms with Crippen LogP contribution in [0.15, 0.2) is 18.2 Å². The van der Waals surface area contributed by atoms with Gasteiger partial charge in [-0.15, -0.1) is 0 Å².